The fraction of sp³-hybridized carbons (Fsp3) is 0.636. The number of allylic oxidation sites excluding steroid dienone is 3. The first kappa shape index (κ1) is 8.06. The molecule has 0 radical (unpaired) electrons. The molecule has 0 spiro atoms. The van der Waals surface area contributed by atoms with E-state index in [0.29, 0.717) is 0 Å². The highest BCUT2D eigenvalue weighted by Crippen LogP contribution is 2.48. The van der Waals surface area contributed by atoms with Crippen LogP contribution in [0, 0.1) is 11.8 Å². The normalized spacial score (nSPS) is 32.7. The quantitative estimate of drug-likeness (QED) is 0.602. The molecule has 1 saturated carbocycles. The number of fused-ring (bicyclic) bond motifs is 1. The highest BCUT2D eigenvalue weighted by Gasteiger charge is 2.39. The van der Waals surface area contributed by atoms with Gasteiger partial charge in [-0.3, -0.25) is 0 Å². The predicted octanol–water partition coefficient (Wildman–Crippen LogP) is 2.07. The van der Waals surface area contributed by atoms with Crippen LogP contribution in [0.1, 0.15) is 13.3 Å². The summed E-state index contributed by atoms with van der Waals surface area (Å²) in [5, 5.41) is 0. The van der Waals surface area contributed by atoms with Crippen molar-refractivity contribution >= 4 is 0 Å². The third-order valence-electron chi connectivity index (χ3n) is 2.70. The molecule has 2 rings (SSSR count). The molecule has 2 aliphatic carbocycles. The minimum absolute atomic E-state index is 0.893. The number of likely N-dealkylation sites (N-methyl/N-ethyl adjacent to an activating group) is 1. The van der Waals surface area contributed by atoms with E-state index in [9.17, 15) is 0 Å². The molecule has 66 valence electrons. The Morgan fingerprint density at radius 2 is 2.25 bits per heavy atom. The van der Waals surface area contributed by atoms with E-state index < -0.39 is 0 Å². The largest absolute Gasteiger partial charge is 0.305 e. The Hall–Kier alpha value is -0.560. The molecule has 12 heavy (non-hydrogen) atoms. The van der Waals surface area contributed by atoms with Gasteiger partial charge < -0.3 is 4.90 Å². The summed E-state index contributed by atoms with van der Waals surface area (Å²) in [7, 11) is 4.29. The van der Waals surface area contributed by atoms with Crippen molar-refractivity contribution in [3.8, 4) is 0 Å². The molecule has 0 saturated heterocycles. The second-order valence-corrected chi connectivity index (χ2v) is 4.37. The molecule has 0 aliphatic heterocycles. The van der Waals surface area contributed by atoms with Gasteiger partial charge in [0.25, 0.3) is 0 Å². The third-order valence-corrected chi connectivity index (χ3v) is 2.70. The Bertz CT molecular complexity index is 248. The van der Waals surface area contributed by atoms with Crippen LogP contribution in [0.15, 0.2) is 23.3 Å². The summed E-state index contributed by atoms with van der Waals surface area (Å²) in [5.74, 6) is 1.79. The lowest BCUT2D eigenvalue weighted by Gasteiger charge is -2.15. The smallest absolute Gasteiger partial charge is 0.0193 e. The zero-order valence-electron chi connectivity index (χ0n) is 8.17. The van der Waals surface area contributed by atoms with Crippen LogP contribution < -0.4 is 0 Å². The van der Waals surface area contributed by atoms with Gasteiger partial charge in [0.05, 0.1) is 0 Å². The Morgan fingerprint density at radius 3 is 2.92 bits per heavy atom. The molecule has 2 atom stereocenters. The first-order valence-corrected chi connectivity index (χ1v) is 4.70. The van der Waals surface area contributed by atoms with Gasteiger partial charge in [-0.1, -0.05) is 23.3 Å². The molecule has 0 heterocycles. The Balaban J connectivity index is 2.09. The molecule has 0 aromatic heterocycles. The van der Waals surface area contributed by atoms with Gasteiger partial charge in [0.15, 0.2) is 0 Å². The van der Waals surface area contributed by atoms with Crippen LogP contribution in [0.25, 0.3) is 0 Å². The van der Waals surface area contributed by atoms with Crippen LogP contribution in [-0.4, -0.2) is 25.5 Å². The van der Waals surface area contributed by atoms with E-state index in [4.69, 9.17) is 0 Å². The summed E-state index contributed by atoms with van der Waals surface area (Å²) >= 11 is 0. The van der Waals surface area contributed by atoms with E-state index in [1.165, 1.54) is 12.0 Å². The minimum atomic E-state index is 0.893. The van der Waals surface area contributed by atoms with E-state index in [0.717, 1.165) is 18.4 Å². The molecule has 0 bridgehead atoms. The Labute approximate surface area is 74.8 Å². The summed E-state index contributed by atoms with van der Waals surface area (Å²) in [5.41, 5.74) is 3.11. The first-order chi connectivity index (χ1) is 5.66. The molecule has 0 N–H and O–H groups in total. The highest BCUT2D eigenvalue weighted by atomic mass is 15.1. The summed E-state index contributed by atoms with van der Waals surface area (Å²) in [6, 6.07) is 0. The lowest BCUT2D eigenvalue weighted by atomic mass is 10.00. The van der Waals surface area contributed by atoms with Gasteiger partial charge in [-0.25, -0.2) is 0 Å². The fourth-order valence-electron chi connectivity index (χ4n) is 2.14. The van der Waals surface area contributed by atoms with Crippen LogP contribution >= 0.6 is 0 Å². The van der Waals surface area contributed by atoms with Gasteiger partial charge in [-0.2, -0.15) is 0 Å². The SMILES string of the molecule is CC1=CC2CC2C(CN(C)C)=C1. The summed E-state index contributed by atoms with van der Waals surface area (Å²) in [6.45, 7) is 3.36. The van der Waals surface area contributed by atoms with Crippen molar-refractivity contribution in [2.45, 2.75) is 13.3 Å². The first-order valence-electron chi connectivity index (χ1n) is 4.70. The van der Waals surface area contributed by atoms with Crippen LogP contribution in [-0.2, 0) is 0 Å². The van der Waals surface area contributed by atoms with Gasteiger partial charge >= 0.3 is 0 Å². The molecule has 2 unspecified atom stereocenters. The van der Waals surface area contributed by atoms with Gasteiger partial charge in [-0.05, 0) is 39.3 Å². The average molecular weight is 163 g/mol. The summed E-state index contributed by atoms with van der Waals surface area (Å²) in [6.07, 6.45) is 6.19. The summed E-state index contributed by atoms with van der Waals surface area (Å²) in [4.78, 5) is 2.26. The standard InChI is InChI=1S/C11H17N/c1-8-4-9-6-11(9)10(5-8)7-12(2)3/h4-5,9,11H,6-7H2,1-3H3. The summed E-state index contributed by atoms with van der Waals surface area (Å²) < 4.78 is 0. The average Bonchev–Trinajstić information content (AvgIpc) is 2.64. The van der Waals surface area contributed by atoms with Crippen molar-refractivity contribution in [3.63, 3.8) is 0 Å². The molecule has 0 amide bonds. The zero-order chi connectivity index (χ0) is 8.72. The van der Waals surface area contributed by atoms with Crippen molar-refractivity contribution in [2.24, 2.45) is 11.8 Å². The predicted molar refractivity (Wildman–Crippen MR) is 52.0 cm³/mol. The van der Waals surface area contributed by atoms with E-state index in [1.54, 1.807) is 5.57 Å². The maximum atomic E-state index is 2.42. The number of nitrogens with zero attached hydrogens (tertiary/aromatic N) is 1. The Morgan fingerprint density at radius 1 is 1.50 bits per heavy atom. The molecular formula is C11H17N. The molecular weight excluding hydrogens is 146 g/mol. The van der Waals surface area contributed by atoms with Crippen molar-refractivity contribution in [1.82, 2.24) is 4.90 Å². The highest BCUT2D eigenvalue weighted by molar-refractivity contribution is 5.36. The van der Waals surface area contributed by atoms with E-state index in [-0.39, 0.29) is 0 Å². The van der Waals surface area contributed by atoms with E-state index >= 15 is 0 Å². The Kier molecular flexibility index (Phi) is 1.84. The molecule has 2 aliphatic rings. The van der Waals surface area contributed by atoms with Crippen LogP contribution in [0.3, 0.4) is 0 Å². The van der Waals surface area contributed by atoms with Gasteiger partial charge in [-0.15, -0.1) is 0 Å². The second kappa shape index (κ2) is 2.74. The van der Waals surface area contributed by atoms with Crippen molar-refractivity contribution in [1.29, 1.82) is 0 Å². The van der Waals surface area contributed by atoms with Crippen LogP contribution in [0.2, 0.25) is 0 Å². The monoisotopic (exact) mass is 163 g/mol. The number of hydrogen-bond acceptors (Lipinski definition) is 1. The van der Waals surface area contributed by atoms with Crippen molar-refractivity contribution in [3.05, 3.63) is 23.3 Å². The van der Waals surface area contributed by atoms with Crippen molar-refractivity contribution in [2.75, 3.05) is 20.6 Å². The number of hydrogen-bond donors (Lipinski definition) is 0. The maximum Gasteiger partial charge on any atom is 0.0193 e. The topological polar surface area (TPSA) is 3.24 Å². The van der Waals surface area contributed by atoms with Gasteiger partial charge in [0.1, 0.15) is 0 Å². The zero-order valence-corrected chi connectivity index (χ0v) is 8.17. The maximum absolute atomic E-state index is 2.42. The fourth-order valence-corrected chi connectivity index (χ4v) is 2.14. The molecule has 0 aromatic carbocycles. The number of rotatable bonds is 2. The third kappa shape index (κ3) is 1.46. The lowest BCUT2D eigenvalue weighted by molar-refractivity contribution is 0.435. The van der Waals surface area contributed by atoms with Crippen molar-refractivity contribution < 1.29 is 0 Å². The molecule has 1 fully saturated rings. The lowest BCUT2D eigenvalue weighted by Crippen LogP contribution is -2.17. The molecule has 1 heteroatoms. The van der Waals surface area contributed by atoms with Gasteiger partial charge in [0.2, 0.25) is 0 Å². The minimum Gasteiger partial charge on any atom is -0.305 e. The second-order valence-electron chi connectivity index (χ2n) is 4.37. The van der Waals surface area contributed by atoms with E-state index in [2.05, 4.69) is 38.1 Å². The molecule has 1 nitrogen and oxygen atoms in total. The van der Waals surface area contributed by atoms with Crippen LogP contribution in [0.5, 0.6) is 0 Å². The van der Waals surface area contributed by atoms with E-state index in [1.807, 2.05) is 0 Å². The van der Waals surface area contributed by atoms with Crippen LogP contribution in [0.4, 0.5) is 0 Å². The molecule has 0 aromatic rings. The van der Waals surface area contributed by atoms with Gasteiger partial charge in [0, 0.05) is 6.54 Å².